The molecule has 1 unspecified atom stereocenters. The van der Waals surface area contributed by atoms with Gasteiger partial charge in [0.05, 0.1) is 12.0 Å². The molecule has 1 fully saturated rings. The first kappa shape index (κ1) is 15.8. The van der Waals surface area contributed by atoms with E-state index in [9.17, 15) is 18.0 Å². The Bertz CT molecular complexity index is 502. The summed E-state index contributed by atoms with van der Waals surface area (Å²) in [6, 6.07) is 5.37. The summed E-state index contributed by atoms with van der Waals surface area (Å²) in [6.45, 7) is 1.30. The molecule has 1 amide bonds. The summed E-state index contributed by atoms with van der Waals surface area (Å²) >= 11 is 0. The van der Waals surface area contributed by atoms with Crippen LogP contribution < -0.4 is 5.32 Å². The predicted octanol–water partition coefficient (Wildman–Crippen LogP) is 2.46. The molecule has 0 saturated carbocycles. The van der Waals surface area contributed by atoms with Crippen molar-refractivity contribution in [1.82, 2.24) is 10.2 Å². The fourth-order valence-electron chi connectivity index (χ4n) is 2.83. The largest absolute Gasteiger partial charge is 0.416 e. The van der Waals surface area contributed by atoms with Gasteiger partial charge in [-0.25, -0.2) is 0 Å². The number of alkyl halides is 3. The number of carbonyl (C=O) groups excluding carboxylic acids is 1. The standard InChI is InChI=1S/C15H19F3N2O/c1-19-10-12-6-4-8-20(12)14(21)9-11-5-2-3-7-13(11)15(16,17)18/h2-3,5,7,12,19H,4,6,8-10H2,1H3. The molecule has 1 heterocycles. The maximum Gasteiger partial charge on any atom is 0.416 e. The van der Waals surface area contributed by atoms with Crippen LogP contribution in [0.2, 0.25) is 0 Å². The molecule has 1 aromatic rings. The van der Waals surface area contributed by atoms with Crippen molar-refractivity contribution in [3.63, 3.8) is 0 Å². The number of hydrogen-bond acceptors (Lipinski definition) is 2. The van der Waals surface area contributed by atoms with Crippen LogP contribution in [0.25, 0.3) is 0 Å². The molecule has 6 heteroatoms. The fourth-order valence-corrected chi connectivity index (χ4v) is 2.83. The summed E-state index contributed by atoms with van der Waals surface area (Å²) in [7, 11) is 1.81. The average Bonchev–Trinajstić information content (AvgIpc) is 2.87. The van der Waals surface area contributed by atoms with E-state index in [-0.39, 0.29) is 23.9 Å². The van der Waals surface area contributed by atoms with Gasteiger partial charge >= 0.3 is 6.18 Å². The lowest BCUT2D eigenvalue weighted by molar-refractivity contribution is -0.138. The van der Waals surface area contributed by atoms with Crippen molar-refractivity contribution in [3.05, 3.63) is 35.4 Å². The lowest BCUT2D eigenvalue weighted by atomic mass is 10.0. The molecule has 0 spiro atoms. The van der Waals surface area contributed by atoms with Gasteiger partial charge in [0, 0.05) is 19.1 Å². The van der Waals surface area contributed by atoms with Crippen LogP contribution in [0.1, 0.15) is 24.0 Å². The number of likely N-dealkylation sites (tertiary alicyclic amines) is 1. The third-order valence-corrected chi connectivity index (χ3v) is 3.80. The molecule has 3 nitrogen and oxygen atoms in total. The Morgan fingerprint density at radius 2 is 2.10 bits per heavy atom. The zero-order valence-electron chi connectivity index (χ0n) is 11.9. The van der Waals surface area contributed by atoms with Gasteiger partial charge in [-0.05, 0) is 31.5 Å². The minimum atomic E-state index is -4.42. The predicted molar refractivity (Wildman–Crippen MR) is 73.8 cm³/mol. The number of likely N-dealkylation sites (N-methyl/N-ethyl adjacent to an activating group) is 1. The first-order chi connectivity index (χ1) is 9.93. The maximum atomic E-state index is 12.9. The normalized spacial score (nSPS) is 19.0. The van der Waals surface area contributed by atoms with E-state index in [4.69, 9.17) is 0 Å². The van der Waals surface area contributed by atoms with Crippen LogP contribution in [-0.4, -0.2) is 37.0 Å². The van der Waals surface area contributed by atoms with Gasteiger partial charge in [-0.2, -0.15) is 13.2 Å². The molecule has 0 radical (unpaired) electrons. The van der Waals surface area contributed by atoms with Gasteiger partial charge in [0.15, 0.2) is 0 Å². The molecule has 116 valence electrons. The molecule has 1 saturated heterocycles. The Balaban J connectivity index is 2.13. The van der Waals surface area contributed by atoms with Crippen LogP contribution in [0, 0.1) is 0 Å². The van der Waals surface area contributed by atoms with Crippen LogP contribution in [0.5, 0.6) is 0 Å². The number of rotatable bonds is 4. The van der Waals surface area contributed by atoms with Crippen LogP contribution in [0.15, 0.2) is 24.3 Å². The molecule has 1 N–H and O–H groups in total. The van der Waals surface area contributed by atoms with Crippen molar-refractivity contribution in [2.24, 2.45) is 0 Å². The number of nitrogens with zero attached hydrogens (tertiary/aromatic N) is 1. The van der Waals surface area contributed by atoms with Crippen molar-refractivity contribution in [2.75, 3.05) is 20.1 Å². The van der Waals surface area contributed by atoms with Gasteiger partial charge in [0.2, 0.25) is 5.91 Å². The minimum Gasteiger partial charge on any atom is -0.338 e. The summed E-state index contributed by atoms with van der Waals surface area (Å²) in [4.78, 5) is 14.0. The molecule has 1 aliphatic rings. The summed E-state index contributed by atoms with van der Waals surface area (Å²) in [5, 5.41) is 3.02. The molecule has 1 aliphatic heterocycles. The topological polar surface area (TPSA) is 32.3 Å². The van der Waals surface area contributed by atoms with E-state index in [0.29, 0.717) is 13.1 Å². The van der Waals surface area contributed by atoms with E-state index in [2.05, 4.69) is 5.32 Å². The third kappa shape index (κ3) is 3.75. The van der Waals surface area contributed by atoms with Crippen molar-refractivity contribution < 1.29 is 18.0 Å². The van der Waals surface area contributed by atoms with E-state index in [1.165, 1.54) is 18.2 Å². The Hall–Kier alpha value is -1.56. The van der Waals surface area contributed by atoms with Crippen LogP contribution in [0.4, 0.5) is 13.2 Å². The second kappa shape index (κ2) is 6.47. The summed E-state index contributed by atoms with van der Waals surface area (Å²) in [5.74, 6) is -0.232. The van der Waals surface area contributed by atoms with E-state index >= 15 is 0 Å². The van der Waals surface area contributed by atoms with Crippen molar-refractivity contribution in [2.45, 2.75) is 31.5 Å². The molecule has 1 aromatic carbocycles. The van der Waals surface area contributed by atoms with Gasteiger partial charge in [-0.3, -0.25) is 4.79 Å². The van der Waals surface area contributed by atoms with Crippen molar-refractivity contribution in [3.8, 4) is 0 Å². The number of nitrogens with one attached hydrogen (secondary N) is 1. The quantitative estimate of drug-likeness (QED) is 0.926. The monoisotopic (exact) mass is 300 g/mol. The number of benzene rings is 1. The molecular weight excluding hydrogens is 281 g/mol. The lowest BCUT2D eigenvalue weighted by Gasteiger charge is -2.25. The van der Waals surface area contributed by atoms with Crippen molar-refractivity contribution >= 4 is 5.91 Å². The molecule has 1 atom stereocenters. The molecule has 0 aromatic heterocycles. The first-order valence-corrected chi connectivity index (χ1v) is 7.02. The van der Waals surface area contributed by atoms with Crippen molar-refractivity contribution in [1.29, 1.82) is 0 Å². The van der Waals surface area contributed by atoms with Crippen LogP contribution in [0.3, 0.4) is 0 Å². The summed E-state index contributed by atoms with van der Waals surface area (Å²) in [6.07, 6.45) is -2.82. The minimum absolute atomic E-state index is 0.0464. The number of amides is 1. The lowest BCUT2D eigenvalue weighted by Crippen LogP contribution is -2.41. The SMILES string of the molecule is CNCC1CCCN1C(=O)Cc1ccccc1C(F)(F)F. The van der Waals surface area contributed by atoms with Gasteiger partial charge < -0.3 is 10.2 Å². The fraction of sp³-hybridized carbons (Fsp3) is 0.533. The molecule has 21 heavy (non-hydrogen) atoms. The van der Waals surface area contributed by atoms with E-state index < -0.39 is 11.7 Å². The third-order valence-electron chi connectivity index (χ3n) is 3.80. The first-order valence-electron chi connectivity index (χ1n) is 7.02. The van der Waals surface area contributed by atoms with Gasteiger partial charge in [0.25, 0.3) is 0 Å². The zero-order chi connectivity index (χ0) is 15.5. The Labute approximate surface area is 122 Å². The number of carbonyl (C=O) groups is 1. The molecule has 2 rings (SSSR count). The van der Waals surface area contributed by atoms with Gasteiger partial charge in [0.1, 0.15) is 0 Å². The Kier molecular flexibility index (Phi) is 4.88. The van der Waals surface area contributed by atoms with E-state index in [1.807, 2.05) is 0 Å². The summed E-state index contributed by atoms with van der Waals surface area (Å²) in [5.41, 5.74) is -0.673. The van der Waals surface area contributed by atoms with Crippen LogP contribution >= 0.6 is 0 Å². The van der Waals surface area contributed by atoms with Crippen LogP contribution in [-0.2, 0) is 17.4 Å². The molecule has 0 bridgehead atoms. The second-order valence-corrected chi connectivity index (χ2v) is 5.27. The smallest absolute Gasteiger partial charge is 0.338 e. The zero-order valence-corrected chi connectivity index (χ0v) is 11.9. The van der Waals surface area contributed by atoms with E-state index in [0.717, 1.165) is 18.9 Å². The van der Waals surface area contributed by atoms with Gasteiger partial charge in [-0.1, -0.05) is 18.2 Å². The Morgan fingerprint density at radius 1 is 1.38 bits per heavy atom. The average molecular weight is 300 g/mol. The number of hydrogen-bond donors (Lipinski definition) is 1. The highest BCUT2D eigenvalue weighted by atomic mass is 19.4. The highest BCUT2D eigenvalue weighted by Crippen LogP contribution is 2.32. The summed E-state index contributed by atoms with van der Waals surface area (Å²) < 4.78 is 38.8. The number of halogens is 3. The van der Waals surface area contributed by atoms with Gasteiger partial charge in [-0.15, -0.1) is 0 Å². The Morgan fingerprint density at radius 3 is 2.76 bits per heavy atom. The van der Waals surface area contributed by atoms with E-state index in [1.54, 1.807) is 11.9 Å². The highest BCUT2D eigenvalue weighted by Gasteiger charge is 2.34. The molecule has 0 aliphatic carbocycles. The second-order valence-electron chi connectivity index (χ2n) is 5.27. The molecular formula is C15H19F3N2O. The highest BCUT2D eigenvalue weighted by molar-refractivity contribution is 5.79. The maximum absolute atomic E-state index is 12.9.